The fraction of sp³-hybridized carbons (Fsp3) is 0.0179. The predicted molar refractivity (Wildman–Crippen MR) is 242 cm³/mol. The van der Waals surface area contributed by atoms with Crippen molar-refractivity contribution >= 4 is 27.2 Å². The van der Waals surface area contributed by atoms with Gasteiger partial charge in [0.2, 0.25) is 0 Å². The number of benzene rings is 9. The Hall–Kier alpha value is -7.93. The highest BCUT2D eigenvalue weighted by molar-refractivity contribution is 5.99. The molecule has 0 saturated heterocycles. The quantitative estimate of drug-likeness (QED) is 0.158. The maximum atomic E-state index is 7.99. The Labute approximate surface area is 343 Å². The lowest BCUT2D eigenvalue weighted by Crippen LogP contribution is -2.28. The van der Waals surface area contributed by atoms with Crippen LogP contribution in [0.15, 0.2) is 212 Å². The van der Waals surface area contributed by atoms with Crippen LogP contribution in [0.4, 0.5) is 5.69 Å². The third-order valence-corrected chi connectivity index (χ3v) is 12.0. The van der Waals surface area contributed by atoms with Gasteiger partial charge in [-0.15, -0.1) is 0 Å². The first kappa shape index (κ1) is 34.3. The van der Waals surface area contributed by atoms with Gasteiger partial charge in [0, 0.05) is 16.7 Å². The van der Waals surface area contributed by atoms with Crippen LogP contribution in [0.5, 0.6) is 0 Å². The number of hydrogen-bond acceptors (Lipinski definition) is 2. The zero-order chi connectivity index (χ0) is 39.3. The van der Waals surface area contributed by atoms with E-state index in [-0.39, 0.29) is 0 Å². The second-order valence-corrected chi connectivity index (χ2v) is 15.1. The molecule has 1 aromatic heterocycles. The first-order valence-electron chi connectivity index (χ1n) is 19.9. The third-order valence-electron chi connectivity index (χ3n) is 12.0. The molecule has 0 atom stereocenters. The third kappa shape index (κ3) is 5.50. The second kappa shape index (κ2) is 13.9. The minimum absolute atomic E-state index is 0.596. The van der Waals surface area contributed by atoms with E-state index in [1.54, 1.807) is 0 Å². The molecule has 1 heterocycles. The second-order valence-electron chi connectivity index (χ2n) is 15.1. The summed E-state index contributed by atoms with van der Waals surface area (Å²) in [7, 11) is 0. The summed E-state index contributed by atoms with van der Waals surface area (Å²) >= 11 is 0. The van der Waals surface area contributed by atoms with E-state index < -0.39 is 5.41 Å². The minimum Gasteiger partial charge on any atom is -0.238 e. The van der Waals surface area contributed by atoms with Gasteiger partial charge in [-0.25, -0.2) is 14.8 Å². The van der Waals surface area contributed by atoms with Gasteiger partial charge in [0.25, 0.3) is 0 Å². The molecule has 9 aromatic carbocycles. The van der Waals surface area contributed by atoms with Crippen molar-refractivity contribution < 1.29 is 0 Å². The summed E-state index contributed by atoms with van der Waals surface area (Å²) in [6.07, 6.45) is 0. The van der Waals surface area contributed by atoms with Crippen LogP contribution in [0.2, 0.25) is 0 Å². The highest BCUT2D eigenvalue weighted by Gasteiger charge is 2.46. The maximum Gasteiger partial charge on any atom is 0.187 e. The molecule has 1 aliphatic carbocycles. The first-order valence-corrected chi connectivity index (χ1v) is 19.9. The molecule has 3 heteroatoms. The molecule has 0 bridgehead atoms. The number of hydrogen-bond donors (Lipinski definition) is 0. The van der Waals surface area contributed by atoms with E-state index in [0.717, 1.165) is 66.5 Å². The van der Waals surface area contributed by atoms with Crippen molar-refractivity contribution in [3.05, 3.63) is 246 Å². The average Bonchev–Trinajstić information content (AvgIpc) is 3.62. The van der Waals surface area contributed by atoms with Crippen LogP contribution in [0.25, 0.3) is 82.5 Å². The Morgan fingerprint density at radius 3 is 1.61 bits per heavy atom. The molecule has 1 aliphatic rings. The van der Waals surface area contributed by atoms with Crippen LogP contribution in [0.3, 0.4) is 0 Å². The normalized spacial score (nSPS) is 12.5. The van der Waals surface area contributed by atoms with Crippen molar-refractivity contribution in [1.29, 1.82) is 0 Å². The van der Waals surface area contributed by atoms with Crippen molar-refractivity contribution in [2.24, 2.45) is 0 Å². The van der Waals surface area contributed by atoms with Gasteiger partial charge in [0.15, 0.2) is 11.5 Å². The van der Waals surface area contributed by atoms with E-state index >= 15 is 0 Å². The van der Waals surface area contributed by atoms with Gasteiger partial charge in [-0.3, -0.25) is 0 Å². The molecule has 10 aromatic rings. The van der Waals surface area contributed by atoms with E-state index in [0.29, 0.717) is 11.5 Å². The van der Waals surface area contributed by atoms with Crippen LogP contribution >= 0.6 is 0 Å². The summed E-state index contributed by atoms with van der Waals surface area (Å²) in [5, 5.41) is 4.60. The fourth-order valence-electron chi connectivity index (χ4n) is 9.38. The van der Waals surface area contributed by atoms with E-state index in [1.165, 1.54) is 27.6 Å². The summed E-state index contributed by atoms with van der Waals surface area (Å²) in [4.78, 5) is 14.5. The SMILES string of the molecule is [C-]#[N+]c1ccc2c(c1)C(c1ccccc1)(c1ccccc1)c1cccc(-c3ccc(-c4cc(-c5cccc6ccccc56)nc(-c5cccc6ccccc56)n4)cc3)c1-2. The highest BCUT2D eigenvalue weighted by atomic mass is 14.9. The Morgan fingerprint density at radius 2 is 0.932 bits per heavy atom. The lowest BCUT2D eigenvalue weighted by molar-refractivity contribution is 0.769. The largest absolute Gasteiger partial charge is 0.238 e. The van der Waals surface area contributed by atoms with Crippen molar-refractivity contribution in [2.75, 3.05) is 0 Å². The highest BCUT2D eigenvalue weighted by Crippen LogP contribution is 2.59. The monoisotopic (exact) mass is 749 g/mol. The Morgan fingerprint density at radius 1 is 0.390 bits per heavy atom. The molecule has 0 radical (unpaired) electrons. The van der Waals surface area contributed by atoms with E-state index in [2.05, 4.69) is 211 Å². The molecule has 0 amide bonds. The van der Waals surface area contributed by atoms with Gasteiger partial charge in [0.05, 0.1) is 23.4 Å². The van der Waals surface area contributed by atoms with Crippen molar-refractivity contribution in [3.63, 3.8) is 0 Å². The van der Waals surface area contributed by atoms with Gasteiger partial charge >= 0.3 is 0 Å². The van der Waals surface area contributed by atoms with Crippen molar-refractivity contribution in [3.8, 4) is 56.2 Å². The van der Waals surface area contributed by atoms with Crippen LogP contribution in [-0.2, 0) is 5.41 Å². The van der Waals surface area contributed by atoms with E-state index in [1.807, 2.05) is 6.07 Å². The number of rotatable bonds is 6. The summed E-state index contributed by atoms with van der Waals surface area (Å²) in [5.41, 5.74) is 14.2. The predicted octanol–water partition coefficient (Wildman–Crippen LogP) is 14.4. The number of fused-ring (bicyclic) bond motifs is 5. The van der Waals surface area contributed by atoms with Gasteiger partial charge in [0.1, 0.15) is 0 Å². The lowest BCUT2D eigenvalue weighted by atomic mass is 9.67. The smallest absolute Gasteiger partial charge is 0.187 e. The molecule has 0 fully saturated rings. The molecule has 0 aliphatic heterocycles. The number of aromatic nitrogens is 2. The first-order chi connectivity index (χ1) is 29.2. The van der Waals surface area contributed by atoms with Crippen LogP contribution in [0.1, 0.15) is 22.3 Å². The summed E-state index contributed by atoms with van der Waals surface area (Å²) in [6, 6.07) is 75.0. The van der Waals surface area contributed by atoms with Gasteiger partial charge in [-0.1, -0.05) is 206 Å². The molecule has 0 spiro atoms. The van der Waals surface area contributed by atoms with Crippen LogP contribution in [0, 0.1) is 6.57 Å². The molecular formula is C56H35N3. The topological polar surface area (TPSA) is 30.1 Å². The molecular weight excluding hydrogens is 715 g/mol. The summed E-state index contributed by atoms with van der Waals surface area (Å²) < 4.78 is 0. The van der Waals surface area contributed by atoms with Gasteiger partial charge in [-0.05, 0) is 72.1 Å². The van der Waals surface area contributed by atoms with Gasteiger partial charge in [-0.2, -0.15) is 0 Å². The summed E-state index contributed by atoms with van der Waals surface area (Å²) in [6.45, 7) is 7.99. The molecule has 0 saturated carbocycles. The fourth-order valence-corrected chi connectivity index (χ4v) is 9.38. The van der Waals surface area contributed by atoms with Crippen molar-refractivity contribution in [2.45, 2.75) is 5.41 Å². The number of nitrogens with zero attached hydrogens (tertiary/aromatic N) is 3. The van der Waals surface area contributed by atoms with E-state index in [4.69, 9.17) is 16.5 Å². The molecule has 59 heavy (non-hydrogen) atoms. The van der Waals surface area contributed by atoms with E-state index in [9.17, 15) is 0 Å². The lowest BCUT2D eigenvalue weighted by Gasteiger charge is -2.34. The Balaban J connectivity index is 1.09. The molecule has 0 N–H and O–H groups in total. The van der Waals surface area contributed by atoms with Gasteiger partial charge < -0.3 is 0 Å². The van der Waals surface area contributed by atoms with Crippen LogP contribution in [-0.4, -0.2) is 9.97 Å². The molecule has 11 rings (SSSR count). The Kier molecular flexibility index (Phi) is 8.10. The summed E-state index contributed by atoms with van der Waals surface area (Å²) in [5.74, 6) is 0.695. The Bertz CT molecular complexity index is 3120. The molecule has 3 nitrogen and oxygen atoms in total. The maximum absolute atomic E-state index is 7.99. The minimum atomic E-state index is -0.596. The molecule has 274 valence electrons. The van der Waals surface area contributed by atoms with Crippen LogP contribution < -0.4 is 0 Å². The standard InChI is InChI=1S/C56H35N3/c1-57-43-33-34-49-51(35-43)56(41-19-4-2-5-20-41,42-21-6-3-7-22-42)50-28-14-25-46(54(49)50)39-29-31-40(32-30-39)52-36-53(47-26-12-17-37-15-8-10-23-44(37)47)59-55(58-52)48-27-13-18-38-16-9-11-24-45(38)48/h2-36H. The zero-order valence-corrected chi connectivity index (χ0v) is 32.0. The van der Waals surface area contributed by atoms with Crippen molar-refractivity contribution in [1.82, 2.24) is 9.97 Å². The zero-order valence-electron chi connectivity index (χ0n) is 32.0. The molecule has 0 unspecified atom stereocenters. The average molecular weight is 750 g/mol.